The molecule has 3 rings (SSSR count). The van der Waals surface area contributed by atoms with E-state index in [1.165, 1.54) is 17.4 Å². The standard InChI is InChI=1S/C18H12Cl2N2O2S/c19-11-6-7-15(20)14(9-11)17(23)21-12-3-1-4-13(10-12)22-18(24)16-5-2-8-25-16/h1-10H,(H,21,23)(H,22,24). The maximum atomic E-state index is 12.4. The van der Waals surface area contributed by atoms with E-state index in [4.69, 9.17) is 23.2 Å². The number of carbonyl (C=O) groups is 2. The predicted octanol–water partition coefficient (Wildman–Crippen LogP) is 5.56. The van der Waals surface area contributed by atoms with Crippen LogP contribution in [-0.4, -0.2) is 11.8 Å². The quantitative estimate of drug-likeness (QED) is 0.612. The van der Waals surface area contributed by atoms with Crippen LogP contribution in [0.4, 0.5) is 11.4 Å². The summed E-state index contributed by atoms with van der Waals surface area (Å²) in [5.41, 5.74) is 1.39. The summed E-state index contributed by atoms with van der Waals surface area (Å²) < 4.78 is 0. The van der Waals surface area contributed by atoms with Crippen molar-refractivity contribution in [2.75, 3.05) is 10.6 Å². The van der Waals surface area contributed by atoms with Gasteiger partial charge in [-0.3, -0.25) is 9.59 Å². The molecule has 0 fully saturated rings. The molecule has 1 aromatic heterocycles. The lowest BCUT2D eigenvalue weighted by atomic mass is 10.2. The second kappa shape index (κ2) is 7.70. The molecule has 0 radical (unpaired) electrons. The van der Waals surface area contributed by atoms with E-state index in [9.17, 15) is 9.59 Å². The van der Waals surface area contributed by atoms with Crippen LogP contribution in [0.3, 0.4) is 0 Å². The fourth-order valence-electron chi connectivity index (χ4n) is 2.15. The summed E-state index contributed by atoms with van der Waals surface area (Å²) in [6.07, 6.45) is 0. The Balaban J connectivity index is 1.74. The Hall–Kier alpha value is -2.34. The third-order valence-corrected chi connectivity index (χ3v) is 4.73. The van der Waals surface area contributed by atoms with E-state index in [1.54, 1.807) is 42.5 Å². The molecule has 0 aliphatic heterocycles. The van der Waals surface area contributed by atoms with E-state index in [0.717, 1.165) is 0 Å². The molecule has 0 unspecified atom stereocenters. The normalized spacial score (nSPS) is 10.3. The minimum absolute atomic E-state index is 0.198. The number of halogens is 2. The van der Waals surface area contributed by atoms with Gasteiger partial charge in [-0.2, -0.15) is 0 Å². The van der Waals surface area contributed by atoms with Crippen molar-refractivity contribution in [2.45, 2.75) is 0 Å². The van der Waals surface area contributed by atoms with Crippen LogP contribution in [0, 0.1) is 0 Å². The minimum atomic E-state index is -0.380. The molecule has 0 spiro atoms. The van der Waals surface area contributed by atoms with E-state index in [0.29, 0.717) is 26.3 Å². The molecule has 0 aliphatic rings. The highest BCUT2D eigenvalue weighted by Crippen LogP contribution is 2.23. The number of rotatable bonds is 4. The number of benzene rings is 2. The van der Waals surface area contributed by atoms with Crippen LogP contribution < -0.4 is 10.6 Å². The van der Waals surface area contributed by atoms with E-state index < -0.39 is 0 Å². The molecular formula is C18H12Cl2N2O2S. The molecule has 4 nitrogen and oxygen atoms in total. The van der Waals surface area contributed by atoms with Crippen molar-refractivity contribution in [3.8, 4) is 0 Å². The lowest BCUT2D eigenvalue weighted by molar-refractivity contribution is 0.102. The van der Waals surface area contributed by atoms with Crippen LogP contribution in [0.1, 0.15) is 20.0 Å². The highest BCUT2D eigenvalue weighted by atomic mass is 35.5. The molecule has 0 atom stereocenters. The maximum Gasteiger partial charge on any atom is 0.265 e. The first-order valence-corrected chi connectivity index (χ1v) is 8.88. The van der Waals surface area contributed by atoms with Crippen LogP contribution in [0.25, 0.3) is 0 Å². The summed E-state index contributed by atoms with van der Waals surface area (Å²) >= 11 is 13.3. The number of hydrogen-bond donors (Lipinski definition) is 2. The second-order valence-electron chi connectivity index (χ2n) is 5.09. The average molecular weight is 391 g/mol. The summed E-state index contributed by atoms with van der Waals surface area (Å²) in [5.74, 6) is -0.578. The number of hydrogen-bond acceptors (Lipinski definition) is 3. The Labute approximate surface area is 158 Å². The largest absolute Gasteiger partial charge is 0.322 e. The van der Waals surface area contributed by atoms with E-state index in [-0.39, 0.29) is 17.4 Å². The Bertz CT molecular complexity index is 927. The van der Waals surface area contributed by atoms with E-state index in [1.807, 2.05) is 11.4 Å². The topological polar surface area (TPSA) is 58.2 Å². The number of amides is 2. The lowest BCUT2D eigenvalue weighted by Crippen LogP contribution is -2.13. The van der Waals surface area contributed by atoms with Crippen molar-refractivity contribution in [3.05, 3.63) is 80.5 Å². The van der Waals surface area contributed by atoms with Crippen molar-refractivity contribution in [3.63, 3.8) is 0 Å². The zero-order valence-corrected chi connectivity index (χ0v) is 15.1. The summed E-state index contributed by atoms with van der Waals surface area (Å²) in [7, 11) is 0. The minimum Gasteiger partial charge on any atom is -0.322 e. The van der Waals surface area contributed by atoms with Gasteiger partial charge in [0.05, 0.1) is 15.5 Å². The fourth-order valence-corrected chi connectivity index (χ4v) is 3.14. The van der Waals surface area contributed by atoms with E-state index in [2.05, 4.69) is 10.6 Å². The average Bonchev–Trinajstić information content (AvgIpc) is 3.12. The number of nitrogens with one attached hydrogen (secondary N) is 2. The molecule has 0 bridgehead atoms. The molecule has 2 aromatic carbocycles. The second-order valence-corrected chi connectivity index (χ2v) is 6.88. The molecule has 126 valence electrons. The van der Waals surface area contributed by atoms with Gasteiger partial charge in [0.25, 0.3) is 11.8 Å². The third kappa shape index (κ3) is 4.39. The molecule has 2 N–H and O–H groups in total. The van der Waals surface area contributed by atoms with Gasteiger partial charge < -0.3 is 10.6 Å². The first-order chi connectivity index (χ1) is 12.0. The molecule has 0 saturated heterocycles. The number of thiophene rings is 1. The molecule has 2 amide bonds. The molecular weight excluding hydrogens is 379 g/mol. The van der Waals surface area contributed by atoms with Crippen molar-refractivity contribution in [2.24, 2.45) is 0 Å². The molecule has 1 heterocycles. The summed E-state index contributed by atoms with van der Waals surface area (Å²) in [6, 6.07) is 15.1. The highest BCUT2D eigenvalue weighted by Gasteiger charge is 2.12. The first-order valence-electron chi connectivity index (χ1n) is 7.24. The van der Waals surface area contributed by atoms with Gasteiger partial charge in [-0.15, -0.1) is 11.3 Å². The smallest absolute Gasteiger partial charge is 0.265 e. The number of anilines is 2. The highest BCUT2D eigenvalue weighted by molar-refractivity contribution is 7.12. The van der Waals surface area contributed by atoms with Gasteiger partial charge in [0.2, 0.25) is 0 Å². The summed E-state index contributed by atoms with van der Waals surface area (Å²) in [4.78, 5) is 25.1. The molecule has 25 heavy (non-hydrogen) atoms. The van der Waals surface area contributed by atoms with Crippen LogP contribution in [0.5, 0.6) is 0 Å². The van der Waals surface area contributed by atoms with Gasteiger partial charge in [0.15, 0.2) is 0 Å². The van der Waals surface area contributed by atoms with Gasteiger partial charge in [0, 0.05) is 16.4 Å². The monoisotopic (exact) mass is 390 g/mol. The van der Waals surface area contributed by atoms with Gasteiger partial charge in [-0.1, -0.05) is 35.3 Å². The van der Waals surface area contributed by atoms with Crippen LogP contribution in [0.15, 0.2) is 60.0 Å². The Kier molecular flexibility index (Phi) is 5.38. The molecule has 7 heteroatoms. The fraction of sp³-hybridized carbons (Fsp3) is 0. The van der Waals surface area contributed by atoms with E-state index >= 15 is 0 Å². The maximum absolute atomic E-state index is 12.4. The van der Waals surface area contributed by atoms with Crippen LogP contribution in [0.2, 0.25) is 10.0 Å². The van der Waals surface area contributed by atoms with Gasteiger partial charge in [-0.25, -0.2) is 0 Å². The van der Waals surface area contributed by atoms with Crippen LogP contribution >= 0.6 is 34.5 Å². The van der Waals surface area contributed by atoms with Crippen molar-refractivity contribution < 1.29 is 9.59 Å². The number of carbonyl (C=O) groups excluding carboxylic acids is 2. The predicted molar refractivity (Wildman–Crippen MR) is 103 cm³/mol. The molecule has 0 saturated carbocycles. The lowest BCUT2D eigenvalue weighted by Gasteiger charge is -2.09. The molecule has 0 aliphatic carbocycles. The summed E-state index contributed by atoms with van der Waals surface area (Å²) in [5, 5.41) is 8.10. The Morgan fingerprint density at radius 1 is 0.840 bits per heavy atom. The zero-order valence-electron chi connectivity index (χ0n) is 12.8. The Morgan fingerprint density at radius 2 is 1.56 bits per heavy atom. The van der Waals surface area contributed by atoms with Gasteiger partial charge in [0.1, 0.15) is 0 Å². The molecule has 3 aromatic rings. The third-order valence-electron chi connectivity index (χ3n) is 3.30. The van der Waals surface area contributed by atoms with Crippen molar-refractivity contribution in [1.82, 2.24) is 0 Å². The van der Waals surface area contributed by atoms with Crippen molar-refractivity contribution in [1.29, 1.82) is 0 Å². The SMILES string of the molecule is O=C(Nc1cccc(NC(=O)c2cc(Cl)ccc2Cl)c1)c1cccs1. The first kappa shape index (κ1) is 17.5. The summed E-state index contributed by atoms with van der Waals surface area (Å²) in [6.45, 7) is 0. The van der Waals surface area contributed by atoms with Crippen LogP contribution in [-0.2, 0) is 0 Å². The van der Waals surface area contributed by atoms with Crippen molar-refractivity contribution >= 4 is 57.7 Å². The van der Waals surface area contributed by atoms with Gasteiger partial charge >= 0.3 is 0 Å². The van der Waals surface area contributed by atoms with Gasteiger partial charge in [-0.05, 0) is 47.8 Å². The zero-order chi connectivity index (χ0) is 17.8. The Morgan fingerprint density at radius 3 is 2.24 bits per heavy atom.